The molecule has 28 nitrogen and oxygen atoms in total. The van der Waals surface area contributed by atoms with Crippen LogP contribution in [-0.2, 0) is 57.5 Å². The standard InChI is InChI=1S/C48H76N12O16/c1-25(2)20-29(53-38(66)26(3)51-42(70)33-11-8-18-59(33)48(76)36-14-9-19-60(36)46(74)28-10-5-15-49-28)47(75)58-17-7-13-35(58)44(72)56-32(24-63)41(69)54-31(23-62)40(68)52-27(4)45(73)57-16-6-12-34(57)43(71)55-30(22-61)39(67)50-21-37(64)65/h25-36,49,61-63H,5-24H2,1-4H3,(H,50,67)(H,51,70)(H,52,68)(H,53,66)(H,54,69)(H,55,71)(H,56,72)(H,64,65)/p+1/t26-,27-,28-,29-,30-,31-,32-,33-,34-,35-,36-/m0/s1. The maximum Gasteiger partial charge on any atom is 0.322 e. The van der Waals surface area contributed by atoms with Crippen LogP contribution in [0.2, 0.25) is 0 Å². The number of hydrogen-bond acceptors (Lipinski definition) is 15. The maximum atomic E-state index is 14.2. The van der Waals surface area contributed by atoms with E-state index in [1.807, 2.05) is 24.5 Å². The van der Waals surface area contributed by atoms with Gasteiger partial charge in [-0.3, -0.25) is 57.5 Å². The van der Waals surface area contributed by atoms with Gasteiger partial charge in [-0.2, -0.15) is 0 Å². The second kappa shape index (κ2) is 28.0. The lowest BCUT2D eigenvalue weighted by molar-refractivity contribution is -0.658. The molecule has 5 heterocycles. The van der Waals surface area contributed by atoms with Crippen molar-refractivity contribution >= 4 is 70.9 Å². The molecule has 0 bridgehead atoms. The summed E-state index contributed by atoms with van der Waals surface area (Å²) < 4.78 is 0. The van der Waals surface area contributed by atoms with Crippen molar-refractivity contribution < 1.29 is 83.3 Å². The smallest absolute Gasteiger partial charge is 0.322 e. The van der Waals surface area contributed by atoms with Crippen molar-refractivity contribution in [2.45, 2.75) is 165 Å². The van der Waals surface area contributed by atoms with E-state index in [0.29, 0.717) is 51.6 Å². The molecule has 0 unspecified atom stereocenters. The highest BCUT2D eigenvalue weighted by atomic mass is 16.4. The Morgan fingerprint density at radius 3 is 1.43 bits per heavy atom. The number of carbonyl (C=O) groups excluding carboxylic acids is 11. The third-order valence-corrected chi connectivity index (χ3v) is 14.5. The van der Waals surface area contributed by atoms with Crippen molar-refractivity contribution in [3.63, 3.8) is 0 Å². The Labute approximate surface area is 439 Å². The number of hydrogen-bond donors (Lipinski definition) is 12. The minimum atomic E-state index is -1.71. The quantitative estimate of drug-likeness (QED) is 0.0427. The Hall–Kier alpha value is -6.52. The van der Waals surface area contributed by atoms with E-state index in [9.17, 15) is 72.9 Å². The summed E-state index contributed by atoms with van der Waals surface area (Å²) in [7, 11) is 0. The van der Waals surface area contributed by atoms with Gasteiger partial charge in [-0.05, 0) is 77.6 Å². The third kappa shape index (κ3) is 15.3. The number of amides is 11. The van der Waals surface area contributed by atoms with Crippen molar-refractivity contribution in [2.75, 3.05) is 59.1 Å². The highest BCUT2D eigenvalue weighted by Gasteiger charge is 2.46. The number of aliphatic hydroxyl groups excluding tert-OH is 3. The van der Waals surface area contributed by atoms with E-state index >= 15 is 0 Å². The summed E-state index contributed by atoms with van der Waals surface area (Å²) >= 11 is 0. The molecule has 5 saturated heterocycles. The minimum absolute atomic E-state index is 0.0607. The van der Waals surface area contributed by atoms with E-state index in [0.717, 1.165) is 24.3 Å². The molecule has 5 aliphatic rings. The molecule has 0 aliphatic carbocycles. The van der Waals surface area contributed by atoms with E-state index in [-0.39, 0.29) is 56.1 Å². The van der Waals surface area contributed by atoms with Gasteiger partial charge in [0.1, 0.15) is 67.0 Å². The number of carboxylic acids is 1. The van der Waals surface area contributed by atoms with E-state index in [2.05, 4.69) is 31.9 Å². The molecule has 0 radical (unpaired) electrons. The largest absolute Gasteiger partial charge is 0.480 e. The minimum Gasteiger partial charge on any atom is -0.480 e. The summed E-state index contributed by atoms with van der Waals surface area (Å²) in [6, 6.07) is -12.6. The average Bonchev–Trinajstić information content (AvgIpc) is 4.26. The molecule has 5 rings (SSSR count). The molecule has 0 aromatic heterocycles. The molecule has 28 heteroatoms. The van der Waals surface area contributed by atoms with Crippen LogP contribution in [0.15, 0.2) is 0 Å². The number of nitrogens with one attached hydrogen (secondary N) is 7. The molecule has 0 spiro atoms. The van der Waals surface area contributed by atoms with Crippen LogP contribution in [0.25, 0.3) is 0 Å². The van der Waals surface area contributed by atoms with Crippen LogP contribution in [0.1, 0.15) is 98.3 Å². The van der Waals surface area contributed by atoms with Gasteiger partial charge in [0.25, 0.3) is 5.91 Å². The van der Waals surface area contributed by atoms with Gasteiger partial charge in [0.05, 0.1) is 26.4 Å². The molecule has 5 aliphatic heterocycles. The molecule has 0 saturated carbocycles. The Morgan fingerprint density at radius 1 is 0.474 bits per heavy atom. The van der Waals surface area contributed by atoms with Crippen molar-refractivity contribution in [3.8, 4) is 0 Å². The Morgan fingerprint density at radius 2 is 0.921 bits per heavy atom. The number of carboxylic acid groups (broad SMARTS) is 1. The van der Waals surface area contributed by atoms with Crippen LogP contribution in [0.4, 0.5) is 0 Å². The summed E-state index contributed by atoms with van der Waals surface area (Å²) in [5.74, 6) is -9.25. The molecular weight excluding hydrogens is 1000 g/mol. The van der Waals surface area contributed by atoms with E-state index in [1.165, 1.54) is 23.6 Å². The molecule has 424 valence electrons. The zero-order chi connectivity index (χ0) is 56.0. The number of nitrogens with zero attached hydrogens (tertiary/aromatic N) is 4. The SMILES string of the molecule is CC(C)C[C@H](NC(=O)[C@H](C)NC(=O)[C@@H]1CCCN1C(=O)[C@@H]1CCCN1C(=O)[C@@H]1CCC[NH2+]1)C(=O)N1CCC[C@H]1C(=O)N[C@@H](CO)C(=O)N[C@@H](CO)C(=O)N[C@@H](C)C(=O)N1CCC[C@H]1C(=O)N[C@@H](CO)C(=O)NCC(=O)O. The summed E-state index contributed by atoms with van der Waals surface area (Å²) in [5, 5.41) is 57.4. The van der Waals surface area contributed by atoms with Gasteiger partial charge < -0.3 is 82.6 Å². The fourth-order valence-electron chi connectivity index (χ4n) is 10.5. The van der Waals surface area contributed by atoms with E-state index < -0.39 is 146 Å². The molecule has 76 heavy (non-hydrogen) atoms. The first-order valence-corrected chi connectivity index (χ1v) is 26.3. The molecule has 0 aromatic carbocycles. The second-order valence-electron chi connectivity index (χ2n) is 20.5. The summed E-state index contributed by atoms with van der Waals surface area (Å²) in [6.07, 6.45) is 4.90. The van der Waals surface area contributed by atoms with Crippen LogP contribution in [0.5, 0.6) is 0 Å². The lowest BCUT2D eigenvalue weighted by Gasteiger charge is -2.32. The van der Waals surface area contributed by atoms with Crippen LogP contribution < -0.4 is 42.5 Å². The number of rotatable bonds is 24. The van der Waals surface area contributed by atoms with Gasteiger partial charge in [-0.25, -0.2) is 0 Å². The number of aliphatic carboxylic acids is 1. The molecule has 11 amide bonds. The normalized spacial score (nSPS) is 23.7. The summed E-state index contributed by atoms with van der Waals surface area (Å²) in [4.78, 5) is 164. The van der Waals surface area contributed by atoms with Gasteiger partial charge >= 0.3 is 5.97 Å². The predicted octanol–water partition coefficient (Wildman–Crippen LogP) is -7.15. The first-order chi connectivity index (χ1) is 36.1. The number of quaternary nitrogens is 1. The van der Waals surface area contributed by atoms with Crippen molar-refractivity contribution in [1.29, 1.82) is 0 Å². The van der Waals surface area contributed by atoms with Gasteiger partial charge in [0, 0.05) is 39.0 Å². The summed E-state index contributed by atoms with van der Waals surface area (Å²) in [6.45, 7) is 4.56. The number of carbonyl (C=O) groups is 12. The van der Waals surface area contributed by atoms with Crippen molar-refractivity contribution in [1.82, 2.24) is 56.8 Å². The van der Waals surface area contributed by atoms with Gasteiger partial charge in [-0.1, -0.05) is 13.8 Å². The zero-order valence-electron chi connectivity index (χ0n) is 43.6. The fourth-order valence-corrected chi connectivity index (χ4v) is 10.5. The highest BCUT2D eigenvalue weighted by molar-refractivity contribution is 5.99. The molecule has 13 N–H and O–H groups in total. The molecule has 11 atom stereocenters. The first kappa shape index (κ1) is 60.3. The number of aliphatic hydroxyl groups is 3. The topological polar surface area (TPSA) is 400 Å². The average molecular weight is 1080 g/mol. The van der Waals surface area contributed by atoms with Crippen LogP contribution in [0.3, 0.4) is 0 Å². The van der Waals surface area contributed by atoms with Crippen LogP contribution >= 0.6 is 0 Å². The predicted molar refractivity (Wildman–Crippen MR) is 263 cm³/mol. The highest BCUT2D eigenvalue weighted by Crippen LogP contribution is 2.27. The Balaban J connectivity index is 1.13. The summed E-state index contributed by atoms with van der Waals surface area (Å²) in [5.41, 5.74) is 0. The Kier molecular flexibility index (Phi) is 22.3. The maximum absolute atomic E-state index is 14.2. The van der Waals surface area contributed by atoms with Crippen molar-refractivity contribution in [2.24, 2.45) is 5.92 Å². The zero-order valence-corrected chi connectivity index (χ0v) is 43.6. The molecule has 5 fully saturated rings. The third-order valence-electron chi connectivity index (χ3n) is 14.5. The van der Waals surface area contributed by atoms with Crippen LogP contribution in [0, 0.1) is 5.92 Å². The molecule has 0 aromatic rings. The first-order valence-electron chi connectivity index (χ1n) is 26.3. The number of nitrogens with two attached hydrogens (primary N) is 1. The van der Waals surface area contributed by atoms with E-state index in [4.69, 9.17) is 5.11 Å². The van der Waals surface area contributed by atoms with Crippen LogP contribution in [-0.4, -0.2) is 237 Å². The lowest BCUT2D eigenvalue weighted by atomic mass is 10.0. The lowest BCUT2D eigenvalue weighted by Crippen LogP contribution is -2.89. The van der Waals surface area contributed by atoms with Crippen molar-refractivity contribution in [3.05, 3.63) is 0 Å². The number of likely N-dealkylation sites (tertiary alicyclic amines) is 4. The second-order valence-corrected chi connectivity index (χ2v) is 20.5. The molecular formula is C48H77N12O16+. The van der Waals surface area contributed by atoms with Gasteiger partial charge in [-0.15, -0.1) is 0 Å². The van der Waals surface area contributed by atoms with Gasteiger partial charge in [0.2, 0.25) is 59.1 Å². The fraction of sp³-hybridized carbons (Fsp3) is 0.750. The Bertz CT molecular complexity index is 2180. The van der Waals surface area contributed by atoms with Gasteiger partial charge in [0.15, 0.2) is 6.04 Å². The van der Waals surface area contributed by atoms with E-state index in [1.54, 1.807) is 4.90 Å². The monoisotopic (exact) mass is 1080 g/mol.